The number of nitrogens with zero attached hydrogens (tertiary/aromatic N) is 2. The van der Waals surface area contributed by atoms with E-state index < -0.39 is 5.60 Å². The standard InChI is InChI=1S/C21H30N2O4/c1-21(2,3)27-20(25)23(13-16-9-10-16)18-11-12-22(14-18)19(24)26-15-17-7-5-4-6-8-17/h4-8,16,18H,9-15H2,1-3H3/t18-/m1/s1. The highest BCUT2D eigenvalue weighted by Crippen LogP contribution is 2.32. The van der Waals surface area contributed by atoms with Gasteiger partial charge in [0.1, 0.15) is 12.2 Å². The van der Waals surface area contributed by atoms with E-state index in [4.69, 9.17) is 9.47 Å². The van der Waals surface area contributed by atoms with Gasteiger partial charge in [0.15, 0.2) is 0 Å². The average Bonchev–Trinajstić information content (AvgIpc) is 3.31. The number of carbonyl (C=O) groups excluding carboxylic acids is 2. The summed E-state index contributed by atoms with van der Waals surface area (Å²) in [6, 6.07) is 9.63. The van der Waals surface area contributed by atoms with Gasteiger partial charge in [-0.3, -0.25) is 0 Å². The van der Waals surface area contributed by atoms with Crippen molar-refractivity contribution in [3.63, 3.8) is 0 Å². The molecule has 0 bridgehead atoms. The summed E-state index contributed by atoms with van der Waals surface area (Å²) in [5, 5.41) is 0. The lowest BCUT2D eigenvalue weighted by Gasteiger charge is -2.31. The van der Waals surface area contributed by atoms with Crippen LogP contribution in [0.4, 0.5) is 9.59 Å². The van der Waals surface area contributed by atoms with Gasteiger partial charge in [0.25, 0.3) is 0 Å². The second-order valence-electron chi connectivity index (χ2n) is 8.50. The predicted molar refractivity (Wildman–Crippen MR) is 102 cm³/mol. The Morgan fingerprint density at radius 3 is 2.48 bits per heavy atom. The summed E-state index contributed by atoms with van der Waals surface area (Å²) in [7, 11) is 0. The molecule has 6 nitrogen and oxygen atoms in total. The lowest BCUT2D eigenvalue weighted by Crippen LogP contribution is -2.46. The zero-order valence-corrected chi connectivity index (χ0v) is 16.5. The topological polar surface area (TPSA) is 59.1 Å². The van der Waals surface area contributed by atoms with Crippen molar-refractivity contribution < 1.29 is 19.1 Å². The number of hydrogen-bond acceptors (Lipinski definition) is 4. The molecule has 0 spiro atoms. The minimum absolute atomic E-state index is 0.00951. The second kappa shape index (κ2) is 8.19. The second-order valence-corrected chi connectivity index (χ2v) is 8.50. The van der Waals surface area contributed by atoms with Gasteiger partial charge in [0.05, 0.1) is 6.04 Å². The maximum Gasteiger partial charge on any atom is 0.410 e. The molecule has 2 amide bonds. The summed E-state index contributed by atoms with van der Waals surface area (Å²) >= 11 is 0. The van der Waals surface area contributed by atoms with Gasteiger partial charge in [-0.15, -0.1) is 0 Å². The minimum Gasteiger partial charge on any atom is -0.445 e. The zero-order chi connectivity index (χ0) is 19.4. The minimum atomic E-state index is -0.522. The SMILES string of the molecule is CC(C)(C)OC(=O)N(CC1CC1)[C@@H]1CCN(C(=O)OCc2ccccc2)C1. The molecule has 3 rings (SSSR count). The number of likely N-dealkylation sites (tertiary alicyclic amines) is 1. The summed E-state index contributed by atoms with van der Waals surface area (Å²) in [5.74, 6) is 0.566. The summed E-state index contributed by atoms with van der Waals surface area (Å²) in [6.45, 7) is 7.71. The molecule has 6 heteroatoms. The Hall–Kier alpha value is -2.24. The number of carbonyl (C=O) groups is 2. The maximum atomic E-state index is 12.7. The molecular formula is C21H30N2O4. The van der Waals surface area contributed by atoms with Crippen molar-refractivity contribution in [2.45, 2.75) is 58.3 Å². The first kappa shape index (κ1) is 19.5. The van der Waals surface area contributed by atoms with Crippen LogP contribution in [0, 0.1) is 5.92 Å². The van der Waals surface area contributed by atoms with Crippen molar-refractivity contribution in [2.75, 3.05) is 19.6 Å². The third kappa shape index (κ3) is 5.88. The molecule has 1 saturated carbocycles. The van der Waals surface area contributed by atoms with Gasteiger partial charge in [0, 0.05) is 19.6 Å². The molecule has 1 saturated heterocycles. The molecule has 2 fully saturated rings. The van der Waals surface area contributed by atoms with Crippen LogP contribution in [-0.4, -0.2) is 53.3 Å². The molecule has 148 valence electrons. The number of amides is 2. The van der Waals surface area contributed by atoms with Gasteiger partial charge in [-0.2, -0.15) is 0 Å². The fourth-order valence-corrected chi connectivity index (χ4v) is 3.24. The molecule has 0 aromatic heterocycles. The van der Waals surface area contributed by atoms with E-state index in [0.29, 0.717) is 25.6 Å². The lowest BCUT2D eigenvalue weighted by molar-refractivity contribution is 0.0153. The Labute approximate surface area is 161 Å². The summed E-state index contributed by atoms with van der Waals surface area (Å²) in [4.78, 5) is 28.6. The van der Waals surface area contributed by atoms with Gasteiger partial charge in [-0.25, -0.2) is 9.59 Å². The van der Waals surface area contributed by atoms with Crippen LogP contribution in [0.3, 0.4) is 0 Å². The monoisotopic (exact) mass is 374 g/mol. The number of benzene rings is 1. The first-order chi connectivity index (χ1) is 12.8. The van der Waals surface area contributed by atoms with Crippen LogP contribution >= 0.6 is 0 Å². The Morgan fingerprint density at radius 2 is 1.85 bits per heavy atom. The van der Waals surface area contributed by atoms with Crippen molar-refractivity contribution in [3.05, 3.63) is 35.9 Å². The molecule has 0 N–H and O–H groups in total. The molecule has 0 unspecified atom stereocenters. The highest BCUT2D eigenvalue weighted by molar-refractivity contribution is 5.70. The third-order valence-corrected chi connectivity index (χ3v) is 4.85. The molecule has 2 aliphatic rings. The first-order valence-corrected chi connectivity index (χ1v) is 9.77. The van der Waals surface area contributed by atoms with Crippen LogP contribution < -0.4 is 0 Å². The van der Waals surface area contributed by atoms with Gasteiger partial charge >= 0.3 is 12.2 Å². The maximum absolute atomic E-state index is 12.7. The predicted octanol–water partition coefficient (Wildman–Crippen LogP) is 4.04. The van der Waals surface area contributed by atoms with E-state index in [1.54, 1.807) is 4.90 Å². The fourth-order valence-electron chi connectivity index (χ4n) is 3.24. The van der Waals surface area contributed by atoms with E-state index in [-0.39, 0.29) is 24.8 Å². The van der Waals surface area contributed by atoms with Crippen LogP contribution in [0.1, 0.15) is 45.6 Å². The van der Waals surface area contributed by atoms with Gasteiger partial charge in [-0.05, 0) is 51.5 Å². The smallest absolute Gasteiger partial charge is 0.410 e. The summed E-state index contributed by atoms with van der Waals surface area (Å²) < 4.78 is 11.0. The highest BCUT2D eigenvalue weighted by Gasteiger charge is 2.38. The summed E-state index contributed by atoms with van der Waals surface area (Å²) in [6.07, 6.45) is 2.48. The van der Waals surface area contributed by atoms with E-state index in [1.165, 1.54) is 0 Å². The Balaban J connectivity index is 1.54. The van der Waals surface area contributed by atoms with Gasteiger partial charge in [-0.1, -0.05) is 30.3 Å². The van der Waals surface area contributed by atoms with Crippen LogP contribution in [0.2, 0.25) is 0 Å². The average molecular weight is 374 g/mol. The molecule has 1 heterocycles. The molecule has 1 aromatic rings. The molecule has 27 heavy (non-hydrogen) atoms. The van der Waals surface area contributed by atoms with Crippen LogP contribution in [0.5, 0.6) is 0 Å². The van der Waals surface area contributed by atoms with Gasteiger partial charge < -0.3 is 19.3 Å². The molecule has 1 aliphatic heterocycles. The van der Waals surface area contributed by atoms with Gasteiger partial charge in [0.2, 0.25) is 0 Å². The molecule has 1 aromatic carbocycles. The van der Waals surface area contributed by atoms with E-state index >= 15 is 0 Å². The molecule has 1 atom stereocenters. The van der Waals surface area contributed by atoms with Crippen molar-refractivity contribution in [1.82, 2.24) is 9.80 Å². The lowest BCUT2D eigenvalue weighted by atomic mass is 10.2. The van der Waals surface area contributed by atoms with E-state index in [2.05, 4.69) is 0 Å². The zero-order valence-electron chi connectivity index (χ0n) is 16.5. The van der Waals surface area contributed by atoms with Crippen LogP contribution in [0.15, 0.2) is 30.3 Å². The molecule has 1 aliphatic carbocycles. The van der Waals surface area contributed by atoms with Crippen molar-refractivity contribution >= 4 is 12.2 Å². The van der Waals surface area contributed by atoms with Crippen LogP contribution in [0.25, 0.3) is 0 Å². The Bertz CT molecular complexity index is 652. The quantitative estimate of drug-likeness (QED) is 0.780. The summed E-state index contributed by atoms with van der Waals surface area (Å²) in [5.41, 5.74) is 0.442. The first-order valence-electron chi connectivity index (χ1n) is 9.77. The number of ether oxygens (including phenoxy) is 2. The van der Waals surface area contributed by atoms with E-state index in [1.807, 2.05) is 56.0 Å². The van der Waals surface area contributed by atoms with E-state index in [0.717, 1.165) is 24.8 Å². The van der Waals surface area contributed by atoms with Crippen molar-refractivity contribution in [1.29, 1.82) is 0 Å². The van der Waals surface area contributed by atoms with Crippen molar-refractivity contribution in [3.8, 4) is 0 Å². The third-order valence-electron chi connectivity index (χ3n) is 4.85. The fraction of sp³-hybridized carbons (Fsp3) is 0.619. The Morgan fingerprint density at radius 1 is 1.15 bits per heavy atom. The molecule has 0 radical (unpaired) electrons. The van der Waals surface area contributed by atoms with Crippen molar-refractivity contribution in [2.24, 2.45) is 5.92 Å². The highest BCUT2D eigenvalue weighted by atomic mass is 16.6. The number of hydrogen-bond donors (Lipinski definition) is 0. The van der Waals surface area contributed by atoms with E-state index in [9.17, 15) is 9.59 Å². The molecular weight excluding hydrogens is 344 g/mol. The number of rotatable bonds is 5. The normalized spacial score (nSPS) is 19.7. The largest absolute Gasteiger partial charge is 0.445 e. The Kier molecular flexibility index (Phi) is 5.92. The van der Waals surface area contributed by atoms with Crippen LogP contribution in [-0.2, 0) is 16.1 Å².